The molecule has 0 aromatic carbocycles. The molecule has 20 heavy (non-hydrogen) atoms. The van der Waals surface area contributed by atoms with Gasteiger partial charge < -0.3 is 10.2 Å². The van der Waals surface area contributed by atoms with Gasteiger partial charge >= 0.3 is 0 Å². The third kappa shape index (κ3) is 3.16. The van der Waals surface area contributed by atoms with Gasteiger partial charge in [0.05, 0.1) is 18.6 Å². The first kappa shape index (κ1) is 14.9. The summed E-state index contributed by atoms with van der Waals surface area (Å²) < 4.78 is 0. The molecule has 2 fully saturated rings. The van der Waals surface area contributed by atoms with Gasteiger partial charge in [-0.05, 0) is 26.8 Å². The molecule has 2 heterocycles. The number of nitrogens with zero attached hydrogens (tertiary/aromatic N) is 2. The SMILES string of the molecule is CC1(C)C(=O)NC(=O)CN1CC(=O)N1CCCNCC1. The smallest absolute Gasteiger partial charge is 0.246 e. The number of hydrogen-bond acceptors (Lipinski definition) is 5. The maximum atomic E-state index is 12.3. The average molecular weight is 282 g/mol. The Kier molecular flexibility index (Phi) is 4.39. The highest BCUT2D eigenvalue weighted by molar-refractivity contribution is 6.03. The van der Waals surface area contributed by atoms with E-state index in [0.717, 1.165) is 26.1 Å². The molecule has 112 valence electrons. The van der Waals surface area contributed by atoms with Crippen molar-refractivity contribution in [3.63, 3.8) is 0 Å². The van der Waals surface area contributed by atoms with Crippen LogP contribution in [0.5, 0.6) is 0 Å². The molecule has 2 aliphatic rings. The molecule has 2 saturated heterocycles. The standard InChI is InChI=1S/C13H22N4O3/c1-13(2)12(20)15-10(18)8-17(13)9-11(19)16-6-3-4-14-5-7-16/h14H,3-9H2,1-2H3,(H,15,18,20). The molecule has 2 N–H and O–H groups in total. The van der Waals surface area contributed by atoms with Crippen LogP contribution < -0.4 is 10.6 Å². The molecular weight excluding hydrogens is 260 g/mol. The van der Waals surface area contributed by atoms with Gasteiger partial charge in [-0.25, -0.2) is 0 Å². The van der Waals surface area contributed by atoms with Crippen molar-refractivity contribution in [2.75, 3.05) is 39.3 Å². The Bertz CT molecular complexity index is 414. The first-order valence-corrected chi connectivity index (χ1v) is 6.99. The van der Waals surface area contributed by atoms with E-state index < -0.39 is 5.54 Å². The van der Waals surface area contributed by atoms with Gasteiger partial charge in [0.25, 0.3) is 0 Å². The minimum atomic E-state index is -0.840. The lowest BCUT2D eigenvalue weighted by molar-refractivity contribution is -0.147. The predicted molar refractivity (Wildman–Crippen MR) is 72.9 cm³/mol. The third-order valence-electron chi connectivity index (χ3n) is 3.95. The molecule has 7 heteroatoms. The largest absolute Gasteiger partial charge is 0.340 e. The van der Waals surface area contributed by atoms with Crippen LogP contribution in [-0.4, -0.2) is 72.3 Å². The summed E-state index contributed by atoms with van der Waals surface area (Å²) in [5.41, 5.74) is -0.840. The molecule has 0 aromatic rings. The van der Waals surface area contributed by atoms with Gasteiger partial charge in [-0.15, -0.1) is 0 Å². The molecule has 0 saturated carbocycles. The van der Waals surface area contributed by atoms with E-state index in [1.807, 2.05) is 0 Å². The zero-order valence-corrected chi connectivity index (χ0v) is 12.1. The van der Waals surface area contributed by atoms with Gasteiger partial charge in [0.15, 0.2) is 0 Å². The Balaban J connectivity index is 2.01. The molecule has 0 aliphatic carbocycles. The van der Waals surface area contributed by atoms with E-state index in [2.05, 4.69) is 10.6 Å². The summed E-state index contributed by atoms with van der Waals surface area (Å²) in [6, 6.07) is 0. The Morgan fingerprint density at radius 3 is 2.75 bits per heavy atom. The summed E-state index contributed by atoms with van der Waals surface area (Å²) in [5.74, 6) is -0.719. The Hall–Kier alpha value is -1.47. The summed E-state index contributed by atoms with van der Waals surface area (Å²) in [5, 5.41) is 5.55. The van der Waals surface area contributed by atoms with Crippen LogP contribution in [0.1, 0.15) is 20.3 Å². The molecule has 3 amide bonds. The van der Waals surface area contributed by atoms with E-state index in [1.54, 1.807) is 23.6 Å². The van der Waals surface area contributed by atoms with Gasteiger partial charge in [-0.1, -0.05) is 0 Å². The highest BCUT2D eigenvalue weighted by Crippen LogP contribution is 2.18. The zero-order chi connectivity index (χ0) is 14.8. The van der Waals surface area contributed by atoms with Crippen molar-refractivity contribution < 1.29 is 14.4 Å². The second-order valence-electron chi connectivity index (χ2n) is 5.78. The fraction of sp³-hybridized carbons (Fsp3) is 0.769. The lowest BCUT2D eigenvalue weighted by atomic mass is 9.98. The summed E-state index contributed by atoms with van der Waals surface area (Å²) in [4.78, 5) is 39.1. The van der Waals surface area contributed by atoms with E-state index in [4.69, 9.17) is 0 Å². The minimum absolute atomic E-state index is 0.0238. The van der Waals surface area contributed by atoms with Crippen molar-refractivity contribution >= 4 is 17.7 Å². The second-order valence-corrected chi connectivity index (χ2v) is 5.78. The maximum Gasteiger partial charge on any atom is 0.246 e. The molecular formula is C13H22N4O3. The summed E-state index contributed by atoms with van der Waals surface area (Å²) in [6.45, 7) is 6.74. The molecule has 0 aromatic heterocycles. The highest BCUT2D eigenvalue weighted by Gasteiger charge is 2.41. The number of imide groups is 1. The first-order chi connectivity index (χ1) is 9.41. The first-order valence-electron chi connectivity index (χ1n) is 6.99. The van der Waals surface area contributed by atoms with Gasteiger partial charge in [-0.3, -0.25) is 24.6 Å². The van der Waals surface area contributed by atoms with Crippen LogP contribution in [0.2, 0.25) is 0 Å². The lowest BCUT2D eigenvalue weighted by Crippen LogP contribution is -2.65. The normalized spacial score (nSPS) is 24.2. The van der Waals surface area contributed by atoms with Gasteiger partial charge in [-0.2, -0.15) is 0 Å². The van der Waals surface area contributed by atoms with Crippen LogP contribution in [0.15, 0.2) is 0 Å². The zero-order valence-electron chi connectivity index (χ0n) is 12.1. The van der Waals surface area contributed by atoms with Crippen LogP contribution in [0.3, 0.4) is 0 Å². The summed E-state index contributed by atoms with van der Waals surface area (Å²) in [6.07, 6.45) is 0.925. The van der Waals surface area contributed by atoms with Crippen LogP contribution in [0.25, 0.3) is 0 Å². The Labute approximate surface area is 118 Å². The maximum absolute atomic E-state index is 12.3. The van der Waals surface area contributed by atoms with Crippen LogP contribution in [0, 0.1) is 0 Å². The van der Waals surface area contributed by atoms with Crippen molar-refractivity contribution in [3.05, 3.63) is 0 Å². The monoisotopic (exact) mass is 282 g/mol. The Morgan fingerprint density at radius 1 is 1.25 bits per heavy atom. The molecule has 2 aliphatic heterocycles. The molecule has 7 nitrogen and oxygen atoms in total. The second kappa shape index (κ2) is 5.88. The van der Waals surface area contributed by atoms with Crippen molar-refractivity contribution in [1.82, 2.24) is 20.4 Å². The number of amides is 3. The fourth-order valence-corrected chi connectivity index (χ4v) is 2.45. The minimum Gasteiger partial charge on any atom is -0.340 e. The molecule has 0 unspecified atom stereocenters. The van der Waals surface area contributed by atoms with Crippen molar-refractivity contribution in [1.29, 1.82) is 0 Å². The van der Waals surface area contributed by atoms with Crippen molar-refractivity contribution in [3.8, 4) is 0 Å². The van der Waals surface area contributed by atoms with Crippen LogP contribution in [-0.2, 0) is 14.4 Å². The number of piperazine rings is 1. The highest BCUT2D eigenvalue weighted by atomic mass is 16.2. The van der Waals surface area contributed by atoms with Crippen LogP contribution in [0.4, 0.5) is 0 Å². The lowest BCUT2D eigenvalue weighted by Gasteiger charge is -2.40. The van der Waals surface area contributed by atoms with E-state index in [1.165, 1.54) is 0 Å². The number of carbonyl (C=O) groups is 3. The Morgan fingerprint density at radius 2 is 2.00 bits per heavy atom. The van der Waals surface area contributed by atoms with E-state index in [0.29, 0.717) is 6.54 Å². The molecule has 0 atom stereocenters. The van der Waals surface area contributed by atoms with Gasteiger partial charge in [0, 0.05) is 19.6 Å². The quantitative estimate of drug-likeness (QED) is 0.605. The van der Waals surface area contributed by atoms with Crippen molar-refractivity contribution in [2.45, 2.75) is 25.8 Å². The third-order valence-corrected chi connectivity index (χ3v) is 3.95. The number of rotatable bonds is 2. The van der Waals surface area contributed by atoms with Gasteiger partial charge in [0.2, 0.25) is 17.7 Å². The number of hydrogen-bond donors (Lipinski definition) is 2. The van der Waals surface area contributed by atoms with E-state index in [9.17, 15) is 14.4 Å². The van der Waals surface area contributed by atoms with E-state index >= 15 is 0 Å². The summed E-state index contributed by atoms with van der Waals surface area (Å²) in [7, 11) is 0. The fourth-order valence-electron chi connectivity index (χ4n) is 2.45. The van der Waals surface area contributed by atoms with Crippen molar-refractivity contribution in [2.24, 2.45) is 0 Å². The molecule has 0 radical (unpaired) electrons. The predicted octanol–water partition coefficient (Wildman–Crippen LogP) is -1.45. The molecule has 2 rings (SSSR count). The summed E-state index contributed by atoms with van der Waals surface area (Å²) >= 11 is 0. The number of carbonyl (C=O) groups excluding carboxylic acids is 3. The van der Waals surface area contributed by atoms with E-state index in [-0.39, 0.29) is 30.8 Å². The van der Waals surface area contributed by atoms with Gasteiger partial charge in [0.1, 0.15) is 0 Å². The molecule has 0 spiro atoms. The molecule has 0 bridgehead atoms. The average Bonchev–Trinajstić information content (AvgIpc) is 2.64. The number of nitrogens with one attached hydrogen (secondary N) is 2. The topological polar surface area (TPSA) is 81.8 Å². The van der Waals surface area contributed by atoms with Crippen LogP contribution >= 0.6 is 0 Å².